The minimum absolute atomic E-state index is 0.0930. The molecule has 0 saturated heterocycles. The summed E-state index contributed by atoms with van der Waals surface area (Å²) in [7, 11) is 0. The second-order valence-electron chi connectivity index (χ2n) is 6.62. The third-order valence-electron chi connectivity index (χ3n) is 3.34. The highest BCUT2D eigenvalue weighted by atomic mass is 16.6. The van der Waals surface area contributed by atoms with Crippen LogP contribution in [0.2, 0.25) is 0 Å². The maximum Gasteiger partial charge on any atom is 0.338 e. The molecule has 4 nitrogen and oxygen atoms in total. The number of benzene rings is 2. The van der Waals surface area contributed by atoms with Gasteiger partial charge in [-0.3, -0.25) is 4.79 Å². The number of fused-ring (bicyclic) bond motifs is 1. The predicted molar refractivity (Wildman–Crippen MR) is 93.4 cm³/mol. The first kappa shape index (κ1) is 17.7. The van der Waals surface area contributed by atoms with Crippen LogP contribution in [0.25, 0.3) is 10.8 Å². The van der Waals surface area contributed by atoms with Crippen LogP contribution >= 0.6 is 0 Å². The molecule has 0 aliphatic heterocycles. The average molecular weight is 326 g/mol. The summed E-state index contributed by atoms with van der Waals surface area (Å²) in [6.45, 7) is 10.4. The number of rotatable bonds is 4. The van der Waals surface area contributed by atoms with Gasteiger partial charge in [-0.1, -0.05) is 43.0 Å². The monoisotopic (exact) mass is 326 g/mol. The van der Waals surface area contributed by atoms with Gasteiger partial charge in [-0.25, -0.2) is 4.79 Å². The highest BCUT2D eigenvalue weighted by molar-refractivity contribution is 5.90. The molecule has 0 N–H and O–H groups in total. The lowest BCUT2D eigenvalue weighted by atomic mass is 9.99. The minimum Gasteiger partial charge on any atom is -0.457 e. The second-order valence-corrected chi connectivity index (χ2v) is 6.62. The molecule has 0 saturated carbocycles. The van der Waals surface area contributed by atoms with Crippen LogP contribution in [0, 0.1) is 0 Å². The van der Waals surface area contributed by atoms with Crippen molar-refractivity contribution in [2.45, 2.75) is 39.4 Å². The zero-order valence-electron chi connectivity index (χ0n) is 14.5. The first-order valence-corrected chi connectivity index (χ1v) is 7.75. The van der Waals surface area contributed by atoms with Crippen molar-refractivity contribution >= 4 is 22.7 Å². The summed E-state index contributed by atoms with van der Waals surface area (Å²) in [5.74, 6) is -1.07. The molecule has 0 aromatic heterocycles. The van der Waals surface area contributed by atoms with E-state index in [-0.39, 0.29) is 5.57 Å². The zero-order chi connectivity index (χ0) is 17.9. The van der Waals surface area contributed by atoms with E-state index in [2.05, 4.69) is 6.58 Å². The van der Waals surface area contributed by atoms with E-state index in [1.807, 2.05) is 42.5 Å². The Morgan fingerprint density at radius 3 is 2.25 bits per heavy atom. The fourth-order valence-corrected chi connectivity index (χ4v) is 2.33. The molecule has 0 aliphatic rings. The van der Waals surface area contributed by atoms with Gasteiger partial charge in [0.1, 0.15) is 5.60 Å². The van der Waals surface area contributed by atoms with Crippen LogP contribution in [0.5, 0.6) is 0 Å². The molecule has 4 heteroatoms. The van der Waals surface area contributed by atoms with Gasteiger partial charge in [0.25, 0.3) is 0 Å². The fraction of sp³-hybridized carbons (Fsp3) is 0.300. The standard InChI is InChI=1S/C20H22O4/c1-13(19(22)24-20(3,4)5)18(23-14(2)21)17-11-10-15-8-6-7-9-16(15)12-17/h6-12,18H,1H2,2-5H3. The molecule has 0 heterocycles. The van der Waals surface area contributed by atoms with Crippen LogP contribution in [-0.4, -0.2) is 17.5 Å². The van der Waals surface area contributed by atoms with Crippen molar-refractivity contribution in [2.24, 2.45) is 0 Å². The molecular weight excluding hydrogens is 304 g/mol. The number of hydrogen-bond acceptors (Lipinski definition) is 4. The Hall–Kier alpha value is -2.62. The Morgan fingerprint density at radius 1 is 1.04 bits per heavy atom. The van der Waals surface area contributed by atoms with E-state index in [4.69, 9.17) is 9.47 Å². The maximum atomic E-state index is 12.3. The molecule has 0 radical (unpaired) electrons. The lowest BCUT2D eigenvalue weighted by Gasteiger charge is -2.24. The molecule has 0 bridgehead atoms. The van der Waals surface area contributed by atoms with Crippen LogP contribution in [-0.2, 0) is 19.1 Å². The van der Waals surface area contributed by atoms with Crippen LogP contribution in [0.4, 0.5) is 0 Å². The van der Waals surface area contributed by atoms with Gasteiger partial charge in [-0.05, 0) is 43.2 Å². The molecule has 0 amide bonds. The van der Waals surface area contributed by atoms with E-state index >= 15 is 0 Å². The van der Waals surface area contributed by atoms with Gasteiger partial charge in [0.15, 0.2) is 6.10 Å². The van der Waals surface area contributed by atoms with Crippen LogP contribution in [0.15, 0.2) is 54.6 Å². The second kappa shape index (κ2) is 6.87. The number of ether oxygens (including phenoxy) is 2. The van der Waals surface area contributed by atoms with Crippen molar-refractivity contribution in [3.8, 4) is 0 Å². The van der Waals surface area contributed by atoms with Gasteiger partial charge < -0.3 is 9.47 Å². The van der Waals surface area contributed by atoms with Gasteiger partial charge in [-0.2, -0.15) is 0 Å². The topological polar surface area (TPSA) is 52.6 Å². The summed E-state index contributed by atoms with van der Waals surface area (Å²) in [6, 6.07) is 13.5. The lowest BCUT2D eigenvalue weighted by Crippen LogP contribution is -2.27. The third kappa shape index (κ3) is 4.44. The molecule has 1 unspecified atom stereocenters. The Bertz CT molecular complexity index is 784. The van der Waals surface area contributed by atoms with Gasteiger partial charge >= 0.3 is 11.9 Å². The molecule has 2 aromatic rings. The van der Waals surface area contributed by atoms with Crippen molar-refractivity contribution in [2.75, 3.05) is 0 Å². The highest BCUT2D eigenvalue weighted by Crippen LogP contribution is 2.29. The van der Waals surface area contributed by atoms with E-state index < -0.39 is 23.6 Å². The normalized spacial score (nSPS) is 12.5. The summed E-state index contributed by atoms with van der Waals surface area (Å²) >= 11 is 0. The number of hydrogen-bond donors (Lipinski definition) is 0. The van der Waals surface area contributed by atoms with Gasteiger partial charge in [-0.15, -0.1) is 0 Å². The zero-order valence-corrected chi connectivity index (χ0v) is 14.5. The summed E-state index contributed by atoms with van der Waals surface area (Å²) < 4.78 is 10.7. The molecule has 0 fully saturated rings. The molecule has 0 aliphatic carbocycles. The maximum absolute atomic E-state index is 12.3. The Kier molecular flexibility index (Phi) is 5.07. The van der Waals surface area contributed by atoms with Crippen molar-refractivity contribution in [3.63, 3.8) is 0 Å². The van der Waals surface area contributed by atoms with Crippen molar-refractivity contribution in [1.29, 1.82) is 0 Å². The molecule has 126 valence electrons. The van der Waals surface area contributed by atoms with E-state index in [0.717, 1.165) is 10.8 Å². The van der Waals surface area contributed by atoms with Crippen molar-refractivity contribution < 1.29 is 19.1 Å². The Labute approximate surface area is 142 Å². The van der Waals surface area contributed by atoms with E-state index in [9.17, 15) is 9.59 Å². The van der Waals surface area contributed by atoms with Crippen molar-refractivity contribution in [1.82, 2.24) is 0 Å². The summed E-state index contributed by atoms with van der Waals surface area (Å²) in [6.07, 6.45) is -0.873. The quantitative estimate of drug-likeness (QED) is 0.619. The third-order valence-corrected chi connectivity index (χ3v) is 3.34. The van der Waals surface area contributed by atoms with Gasteiger partial charge in [0.05, 0.1) is 5.57 Å². The predicted octanol–water partition coefficient (Wildman–Crippen LogP) is 4.34. The summed E-state index contributed by atoms with van der Waals surface area (Å²) in [5, 5.41) is 2.05. The largest absolute Gasteiger partial charge is 0.457 e. The average Bonchev–Trinajstić information content (AvgIpc) is 2.49. The molecule has 1 atom stereocenters. The minimum atomic E-state index is -0.873. The smallest absolute Gasteiger partial charge is 0.338 e. The Morgan fingerprint density at radius 2 is 1.67 bits per heavy atom. The van der Waals surface area contributed by atoms with E-state index in [1.165, 1.54) is 6.92 Å². The first-order chi connectivity index (χ1) is 11.2. The van der Waals surface area contributed by atoms with Crippen LogP contribution in [0.1, 0.15) is 39.4 Å². The van der Waals surface area contributed by atoms with Gasteiger partial charge in [0, 0.05) is 6.92 Å². The molecule has 2 rings (SSSR count). The first-order valence-electron chi connectivity index (χ1n) is 7.75. The number of esters is 2. The van der Waals surface area contributed by atoms with E-state index in [0.29, 0.717) is 5.56 Å². The summed E-state index contributed by atoms with van der Waals surface area (Å²) in [4.78, 5) is 23.8. The number of carbonyl (C=O) groups is 2. The van der Waals surface area contributed by atoms with E-state index in [1.54, 1.807) is 20.8 Å². The van der Waals surface area contributed by atoms with Crippen LogP contribution in [0.3, 0.4) is 0 Å². The SMILES string of the molecule is C=C(C(=O)OC(C)(C)C)C(OC(C)=O)c1ccc2ccccc2c1. The lowest BCUT2D eigenvalue weighted by molar-refractivity contribution is -0.153. The van der Waals surface area contributed by atoms with Gasteiger partial charge in [0.2, 0.25) is 0 Å². The fourth-order valence-electron chi connectivity index (χ4n) is 2.33. The number of carbonyl (C=O) groups excluding carboxylic acids is 2. The van der Waals surface area contributed by atoms with Crippen molar-refractivity contribution in [3.05, 3.63) is 60.2 Å². The summed E-state index contributed by atoms with van der Waals surface area (Å²) in [5.41, 5.74) is 0.125. The molecular formula is C20H22O4. The molecule has 0 spiro atoms. The Balaban J connectivity index is 2.37. The molecule has 2 aromatic carbocycles. The molecule has 24 heavy (non-hydrogen) atoms. The highest BCUT2D eigenvalue weighted by Gasteiger charge is 2.28. The van der Waals surface area contributed by atoms with Crippen LogP contribution < -0.4 is 0 Å².